The second-order valence-corrected chi connectivity index (χ2v) is 3.77. The minimum absolute atomic E-state index is 0.0312. The smallest absolute Gasteiger partial charge is 0.141 e. The van der Waals surface area contributed by atoms with Crippen LogP contribution in [0.25, 0.3) is 0 Å². The predicted octanol–water partition coefficient (Wildman–Crippen LogP) is 1.70. The number of rotatable bonds is 4. The van der Waals surface area contributed by atoms with E-state index < -0.39 is 0 Å². The summed E-state index contributed by atoms with van der Waals surface area (Å²) in [6.45, 7) is 4.34. The van der Waals surface area contributed by atoms with Gasteiger partial charge in [0.1, 0.15) is 5.78 Å². The zero-order chi connectivity index (χ0) is 10.6. The highest BCUT2D eigenvalue weighted by atomic mass is 16.1. The molecule has 0 aliphatic heterocycles. The lowest BCUT2D eigenvalue weighted by molar-refractivity contribution is -0.121. The van der Waals surface area contributed by atoms with Crippen LogP contribution < -0.4 is 5.73 Å². The van der Waals surface area contributed by atoms with Gasteiger partial charge in [-0.2, -0.15) is 0 Å². The van der Waals surface area contributed by atoms with Crippen LogP contribution in [0.15, 0.2) is 24.3 Å². The van der Waals surface area contributed by atoms with E-state index in [0.29, 0.717) is 13.0 Å². The fourth-order valence-corrected chi connectivity index (χ4v) is 1.21. The van der Waals surface area contributed by atoms with Gasteiger partial charge in [-0.15, -0.1) is 0 Å². The minimum atomic E-state index is -0.0312. The average molecular weight is 191 g/mol. The van der Waals surface area contributed by atoms with Gasteiger partial charge in [0.05, 0.1) is 0 Å². The number of nitrogens with two attached hydrogens (primary N) is 1. The Bertz CT molecular complexity index is 303. The number of hydrogen-bond donors (Lipinski definition) is 1. The monoisotopic (exact) mass is 191 g/mol. The molecule has 0 fully saturated rings. The lowest BCUT2D eigenvalue weighted by Gasteiger charge is -2.07. The average Bonchev–Trinajstić information content (AvgIpc) is 2.20. The third kappa shape index (κ3) is 2.96. The normalized spacial score (nSPS) is 12.5. The van der Waals surface area contributed by atoms with Gasteiger partial charge >= 0.3 is 0 Å². The maximum Gasteiger partial charge on any atom is 0.141 e. The van der Waals surface area contributed by atoms with Gasteiger partial charge in [-0.25, -0.2) is 0 Å². The van der Waals surface area contributed by atoms with E-state index in [0.717, 1.165) is 5.56 Å². The van der Waals surface area contributed by atoms with Crippen molar-refractivity contribution >= 4 is 5.78 Å². The molecule has 0 bridgehead atoms. The van der Waals surface area contributed by atoms with Gasteiger partial charge in [-0.1, -0.05) is 36.8 Å². The van der Waals surface area contributed by atoms with Gasteiger partial charge in [0.15, 0.2) is 0 Å². The summed E-state index contributed by atoms with van der Waals surface area (Å²) in [7, 11) is 0. The Morgan fingerprint density at radius 1 is 1.36 bits per heavy atom. The number of ketones is 1. The highest BCUT2D eigenvalue weighted by molar-refractivity contribution is 5.83. The van der Waals surface area contributed by atoms with Gasteiger partial charge in [-0.3, -0.25) is 4.79 Å². The van der Waals surface area contributed by atoms with E-state index in [1.807, 2.05) is 38.1 Å². The van der Waals surface area contributed by atoms with Crippen molar-refractivity contribution in [3.8, 4) is 0 Å². The van der Waals surface area contributed by atoms with Crippen molar-refractivity contribution in [1.29, 1.82) is 0 Å². The zero-order valence-corrected chi connectivity index (χ0v) is 8.79. The van der Waals surface area contributed by atoms with Crippen LogP contribution >= 0.6 is 0 Å². The third-order valence-electron chi connectivity index (χ3n) is 2.40. The van der Waals surface area contributed by atoms with Gasteiger partial charge in [0.2, 0.25) is 0 Å². The molecule has 1 rings (SSSR count). The highest BCUT2D eigenvalue weighted by Crippen LogP contribution is 2.07. The quantitative estimate of drug-likeness (QED) is 0.787. The molecule has 2 N–H and O–H groups in total. The lowest BCUT2D eigenvalue weighted by atomic mass is 9.99. The Balaban J connectivity index is 2.60. The molecule has 1 unspecified atom stereocenters. The van der Waals surface area contributed by atoms with Crippen molar-refractivity contribution in [2.24, 2.45) is 11.7 Å². The lowest BCUT2D eigenvalue weighted by Crippen LogP contribution is -2.22. The number of carbonyl (C=O) groups excluding carboxylic acids is 1. The molecule has 1 aromatic carbocycles. The first-order chi connectivity index (χ1) is 6.63. The molecule has 0 saturated heterocycles. The van der Waals surface area contributed by atoms with Crippen LogP contribution in [-0.4, -0.2) is 12.3 Å². The fraction of sp³-hybridized carbons (Fsp3) is 0.417. The number of aryl methyl sites for hydroxylation is 1. The van der Waals surface area contributed by atoms with Crippen molar-refractivity contribution in [3.05, 3.63) is 35.4 Å². The van der Waals surface area contributed by atoms with E-state index in [9.17, 15) is 4.79 Å². The number of carbonyl (C=O) groups is 1. The van der Waals surface area contributed by atoms with E-state index >= 15 is 0 Å². The van der Waals surface area contributed by atoms with E-state index in [4.69, 9.17) is 5.73 Å². The van der Waals surface area contributed by atoms with E-state index in [1.165, 1.54) is 5.56 Å². The second-order valence-electron chi connectivity index (χ2n) is 3.77. The molecule has 0 aliphatic rings. The van der Waals surface area contributed by atoms with Gasteiger partial charge in [0, 0.05) is 18.9 Å². The van der Waals surface area contributed by atoms with Crippen LogP contribution in [0.2, 0.25) is 0 Å². The van der Waals surface area contributed by atoms with Crippen LogP contribution in [-0.2, 0) is 11.2 Å². The zero-order valence-electron chi connectivity index (χ0n) is 8.79. The number of Topliss-reactive ketones (excluding diaryl/α,β-unsaturated/α-hetero) is 1. The molecule has 2 heteroatoms. The van der Waals surface area contributed by atoms with Gasteiger partial charge in [-0.05, 0) is 12.5 Å². The molecule has 76 valence electrons. The summed E-state index contributed by atoms with van der Waals surface area (Å²) < 4.78 is 0. The second kappa shape index (κ2) is 4.91. The van der Waals surface area contributed by atoms with Gasteiger partial charge in [0.25, 0.3) is 0 Å². The predicted molar refractivity (Wildman–Crippen MR) is 58.1 cm³/mol. The SMILES string of the molecule is Cc1ccc(CC(=O)C(C)CN)cc1. The first-order valence-corrected chi connectivity index (χ1v) is 4.92. The molecule has 0 saturated carbocycles. The summed E-state index contributed by atoms with van der Waals surface area (Å²) in [5.74, 6) is 0.188. The Kier molecular flexibility index (Phi) is 3.84. The van der Waals surface area contributed by atoms with Crippen LogP contribution in [0.1, 0.15) is 18.1 Å². The van der Waals surface area contributed by atoms with Crippen LogP contribution in [0, 0.1) is 12.8 Å². The van der Waals surface area contributed by atoms with Crippen molar-refractivity contribution in [3.63, 3.8) is 0 Å². The van der Waals surface area contributed by atoms with Crippen LogP contribution in [0.3, 0.4) is 0 Å². The first-order valence-electron chi connectivity index (χ1n) is 4.92. The van der Waals surface area contributed by atoms with Crippen LogP contribution in [0.5, 0.6) is 0 Å². The number of benzene rings is 1. The first kappa shape index (κ1) is 10.9. The molecule has 0 spiro atoms. The van der Waals surface area contributed by atoms with Crippen molar-refractivity contribution in [2.75, 3.05) is 6.54 Å². The molecule has 0 aromatic heterocycles. The van der Waals surface area contributed by atoms with Crippen molar-refractivity contribution < 1.29 is 4.79 Å². The molecule has 14 heavy (non-hydrogen) atoms. The Morgan fingerprint density at radius 3 is 2.43 bits per heavy atom. The van der Waals surface area contributed by atoms with E-state index in [-0.39, 0.29) is 11.7 Å². The summed E-state index contributed by atoms with van der Waals surface area (Å²) in [4.78, 5) is 11.5. The summed E-state index contributed by atoms with van der Waals surface area (Å²) >= 11 is 0. The summed E-state index contributed by atoms with van der Waals surface area (Å²) in [5.41, 5.74) is 7.72. The summed E-state index contributed by atoms with van der Waals surface area (Å²) in [6, 6.07) is 8.04. The van der Waals surface area contributed by atoms with Crippen LogP contribution in [0.4, 0.5) is 0 Å². The van der Waals surface area contributed by atoms with E-state index in [1.54, 1.807) is 0 Å². The highest BCUT2D eigenvalue weighted by Gasteiger charge is 2.10. The Morgan fingerprint density at radius 2 is 1.93 bits per heavy atom. The largest absolute Gasteiger partial charge is 0.330 e. The van der Waals surface area contributed by atoms with Crippen molar-refractivity contribution in [1.82, 2.24) is 0 Å². The minimum Gasteiger partial charge on any atom is -0.330 e. The molecule has 0 aliphatic carbocycles. The fourth-order valence-electron chi connectivity index (χ4n) is 1.21. The molecular weight excluding hydrogens is 174 g/mol. The third-order valence-corrected chi connectivity index (χ3v) is 2.40. The summed E-state index contributed by atoms with van der Waals surface area (Å²) in [6.07, 6.45) is 0.499. The Hall–Kier alpha value is -1.15. The molecule has 2 nitrogen and oxygen atoms in total. The molecule has 0 radical (unpaired) electrons. The molecule has 1 atom stereocenters. The molecule has 0 heterocycles. The van der Waals surface area contributed by atoms with E-state index in [2.05, 4.69) is 0 Å². The Labute approximate surface area is 85.1 Å². The molecule has 0 amide bonds. The standard InChI is InChI=1S/C12H17NO/c1-9-3-5-11(6-4-9)7-12(14)10(2)8-13/h3-6,10H,7-8,13H2,1-2H3. The summed E-state index contributed by atoms with van der Waals surface area (Å²) in [5, 5.41) is 0. The van der Waals surface area contributed by atoms with Gasteiger partial charge < -0.3 is 5.73 Å². The molecule has 1 aromatic rings. The topological polar surface area (TPSA) is 43.1 Å². The number of hydrogen-bond acceptors (Lipinski definition) is 2. The van der Waals surface area contributed by atoms with Crippen molar-refractivity contribution in [2.45, 2.75) is 20.3 Å². The molecular formula is C12H17NO. The maximum absolute atomic E-state index is 11.5. The maximum atomic E-state index is 11.5.